The molecule has 164 valence electrons. The minimum absolute atomic E-state index is 0.0915. The molecule has 0 bridgehead atoms. The molecule has 2 N–H and O–H groups in total. The maximum Gasteiger partial charge on any atom is 0.229 e. The molecule has 5 rings (SSSR count). The molecule has 4 aromatic rings. The van der Waals surface area contributed by atoms with Crippen LogP contribution in [0.4, 0.5) is 5.82 Å². The minimum Gasteiger partial charge on any atom is -0.346 e. The number of nitrogens with one attached hydrogen (secondary N) is 2. The normalized spacial score (nSPS) is 17.6. The standard InChI is InChI=1S/C24H26N6O2/c1-14(2)21(23-25-18-10-6-7-11-19(18)29(23)3)26-24(32)15-12-20(31)30(13-15)22-16-8-4-5-9-17(16)27-28-22/h4-11,14-15,21H,12-13H2,1-3H3,(H,26,32)(H,27,28)/t15-,21-/m1/s1. The molecule has 2 atom stereocenters. The van der Waals surface area contributed by atoms with Crippen molar-refractivity contribution < 1.29 is 9.59 Å². The summed E-state index contributed by atoms with van der Waals surface area (Å²) in [5.74, 6) is 0.871. The van der Waals surface area contributed by atoms with E-state index in [0.29, 0.717) is 12.4 Å². The van der Waals surface area contributed by atoms with E-state index in [1.54, 1.807) is 4.90 Å². The summed E-state index contributed by atoms with van der Waals surface area (Å²) < 4.78 is 2.03. The summed E-state index contributed by atoms with van der Waals surface area (Å²) in [7, 11) is 1.97. The van der Waals surface area contributed by atoms with Crippen LogP contribution in [0.5, 0.6) is 0 Å². The molecule has 1 aliphatic heterocycles. The van der Waals surface area contributed by atoms with Crippen LogP contribution in [0.1, 0.15) is 32.1 Å². The van der Waals surface area contributed by atoms with Crippen LogP contribution in [0.2, 0.25) is 0 Å². The third-order valence-electron chi connectivity index (χ3n) is 6.27. The van der Waals surface area contributed by atoms with Gasteiger partial charge in [0.25, 0.3) is 0 Å². The minimum atomic E-state index is -0.436. The van der Waals surface area contributed by atoms with Crippen molar-refractivity contribution in [2.75, 3.05) is 11.4 Å². The van der Waals surface area contributed by atoms with Gasteiger partial charge in [0.2, 0.25) is 11.8 Å². The molecule has 0 aliphatic carbocycles. The largest absolute Gasteiger partial charge is 0.346 e. The maximum atomic E-state index is 13.2. The number of aryl methyl sites for hydroxylation is 1. The van der Waals surface area contributed by atoms with E-state index in [4.69, 9.17) is 4.98 Å². The van der Waals surface area contributed by atoms with Gasteiger partial charge in [0, 0.05) is 25.4 Å². The number of nitrogens with zero attached hydrogens (tertiary/aromatic N) is 4. The smallest absolute Gasteiger partial charge is 0.229 e. The highest BCUT2D eigenvalue weighted by Gasteiger charge is 2.38. The highest BCUT2D eigenvalue weighted by molar-refractivity contribution is 6.05. The van der Waals surface area contributed by atoms with Crippen LogP contribution in [-0.2, 0) is 16.6 Å². The molecule has 0 saturated carbocycles. The Kier molecular flexibility index (Phi) is 4.92. The number of amides is 2. The molecule has 8 nitrogen and oxygen atoms in total. The van der Waals surface area contributed by atoms with Gasteiger partial charge in [-0.25, -0.2) is 4.98 Å². The fourth-order valence-electron chi connectivity index (χ4n) is 4.49. The number of hydrogen-bond donors (Lipinski definition) is 2. The van der Waals surface area contributed by atoms with E-state index in [-0.39, 0.29) is 30.2 Å². The van der Waals surface area contributed by atoms with Crippen molar-refractivity contribution in [2.24, 2.45) is 18.9 Å². The number of rotatable bonds is 5. The van der Waals surface area contributed by atoms with E-state index >= 15 is 0 Å². The van der Waals surface area contributed by atoms with Crippen molar-refractivity contribution in [1.29, 1.82) is 0 Å². The monoisotopic (exact) mass is 430 g/mol. The van der Waals surface area contributed by atoms with Gasteiger partial charge < -0.3 is 9.88 Å². The van der Waals surface area contributed by atoms with Crippen LogP contribution in [0.25, 0.3) is 21.9 Å². The van der Waals surface area contributed by atoms with Gasteiger partial charge in [0.15, 0.2) is 5.82 Å². The van der Waals surface area contributed by atoms with Crippen LogP contribution in [0, 0.1) is 11.8 Å². The molecule has 8 heteroatoms. The van der Waals surface area contributed by atoms with Crippen LogP contribution < -0.4 is 10.2 Å². The number of H-pyrrole nitrogens is 1. The van der Waals surface area contributed by atoms with E-state index in [1.165, 1.54) is 0 Å². The van der Waals surface area contributed by atoms with Crippen molar-refractivity contribution in [3.05, 3.63) is 54.4 Å². The predicted molar refractivity (Wildman–Crippen MR) is 123 cm³/mol. The summed E-state index contributed by atoms with van der Waals surface area (Å²) in [6.45, 7) is 4.44. The fraction of sp³-hybridized carbons (Fsp3) is 0.333. The summed E-state index contributed by atoms with van der Waals surface area (Å²) in [4.78, 5) is 32.4. The van der Waals surface area contributed by atoms with Gasteiger partial charge in [0.1, 0.15) is 5.82 Å². The van der Waals surface area contributed by atoms with Crippen LogP contribution in [0.15, 0.2) is 48.5 Å². The third kappa shape index (κ3) is 3.32. The zero-order chi connectivity index (χ0) is 22.4. The zero-order valence-corrected chi connectivity index (χ0v) is 18.4. The second-order valence-electron chi connectivity index (χ2n) is 8.75. The number of carbonyl (C=O) groups excluding carboxylic acids is 2. The average Bonchev–Trinajstić information content (AvgIpc) is 3.47. The molecule has 2 aromatic heterocycles. The lowest BCUT2D eigenvalue weighted by Gasteiger charge is -2.24. The first-order valence-electron chi connectivity index (χ1n) is 10.9. The average molecular weight is 431 g/mol. The molecule has 2 aromatic carbocycles. The third-order valence-corrected chi connectivity index (χ3v) is 6.27. The SMILES string of the molecule is CC(C)[C@@H](NC(=O)[C@@H]1CC(=O)N(c2n[nH]c3ccccc23)C1)c1nc2ccccc2n1C. The summed E-state index contributed by atoms with van der Waals surface area (Å²) in [6.07, 6.45) is 0.167. The van der Waals surface area contributed by atoms with Gasteiger partial charge in [-0.3, -0.25) is 19.6 Å². The summed E-state index contributed by atoms with van der Waals surface area (Å²) in [6, 6.07) is 15.3. The molecular formula is C24H26N6O2. The van der Waals surface area contributed by atoms with Gasteiger partial charge in [0.05, 0.1) is 28.5 Å². The van der Waals surface area contributed by atoms with E-state index in [0.717, 1.165) is 27.8 Å². The molecule has 1 aliphatic rings. The van der Waals surface area contributed by atoms with Crippen LogP contribution in [0.3, 0.4) is 0 Å². The van der Waals surface area contributed by atoms with Gasteiger partial charge >= 0.3 is 0 Å². The van der Waals surface area contributed by atoms with E-state index in [2.05, 4.69) is 29.4 Å². The molecule has 0 radical (unpaired) electrons. The number of benzene rings is 2. The number of carbonyl (C=O) groups is 2. The summed E-state index contributed by atoms with van der Waals surface area (Å²) in [5.41, 5.74) is 2.79. The molecular weight excluding hydrogens is 404 g/mol. The lowest BCUT2D eigenvalue weighted by molar-refractivity contribution is -0.127. The second kappa shape index (κ2) is 7.78. The number of aromatic amines is 1. The lowest BCUT2D eigenvalue weighted by Crippen LogP contribution is -2.38. The van der Waals surface area contributed by atoms with E-state index in [9.17, 15) is 9.59 Å². The van der Waals surface area contributed by atoms with Crippen molar-refractivity contribution in [3.8, 4) is 0 Å². The first-order chi connectivity index (χ1) is 15.4. The second-order valence-corrected chi connectivity index (χ2v) is 8.75. The number of aromatic nitrogens is 4. The summed E-state index contributed by atoms with van der Waals surface area (Å²) in [5, 5.41) is 11.3. The summed E-state index contributed by atoms with van der Waals surface area (Å²) >= 11 is 0. The number of hydrogen-bond acceptors (Lipinski definition) is 4. The number of fused-ring (bicyclic) bond motifs is 2. The van der Waals surface area contributed by atoms with Crippen molar-refractivity contribution in [1.82, 2.24) is 25.1 Å². The molecule has 3 heterocycles. The first-order valence-corrected chi connectivity index (χ1v) is 10.9. The molecule has 1 fully saturated rings. The van der Waals surface area contributed by atoms with Gasteiger partial charge in [-0.1, -0.05) is 38.1 Å². The Morgan fingerprint density at radius 2 is 1.91 bits per heavy atom. The van der Waals surface area contributed by atoms with E-state index < -0.39 is 5.92 Å². The molecule has 2 amide bonds. The first kappa shape index (κ1) is 20.2. The number of anilines is 1. The van der Waals surface area contributed by atoms with E-state index in [1.807, 2.05) is 60.1 Å². The molecule has 32 heavy (non-hydrogen) atoms. The lowest BCUT2D eigenvalue weighted by atomic mass is 10.0. The van der Waals surface area contributed by atoms with Crippen LogP contribution >= 0.6 is 0 Å². The highest BCUT2D eigenvalue weighted by atomic mass is 16.2. The van der Waals surface area contributed by atoms with Crippen molar-refractivity contribution >= 4 is 39.6 Å². The van der Waals surface area contributed by atoms with Gasteiger partial charge in [-0.2, -0.15) is 5.10 Å². The molecule has 0 unspecified atom stereocenters. The Balaban J connectivity index is 1.37. The van der Waals surface area contributed by atoms with Gasteiger partial charge in [-0.15, -0.1) is 0 Å². The topological polar surface area (TPSA) is 95.9 Å². The quantitative estimate of drug-likeness (QED) is 0.508. The Morgan fingerprint density at radius 3 is 2.69 bits per heavy atom. The zero-order valence-electron chi connectivity index (χ0n) is 18.4. The fourth-order valence-corrected chi connectivity index (χ4v) is 4.49. The van der Waals surface area contributed by atoms with Crippen molar-refractivity contribution in [2.45, 2.75) is 26.3 Å². The Hall–Kier alpha value is -3.68. The molecule has 1 saturated heterocycles. The number of imidazole rings is 1. The Morgan fingerprint density at radius 1 is 1.16 bits per heavy atom. The van der Waals surface area contributed by atoms with Gasteiger partial charge in [-0.05, 0) is 30.2 Å². The number of para-hydroxylation sites is 3. The highest BCUT2D eigenvalue weighted by Crippen LogP contribution is 2.31. The maximum absolute atomic E-state index is 13.2. The predicted octanol–water partition coefficient (Wildman–Crippen LogP) is 3.32. The van der Waals surface area contributed by atoms with Crippen LogP contribution in [-0.4, -0.2) is 38.1 Å². The molecule has 0 spiro atoms. The Bertz CT molecular complexity index is 1320. The van der Waals surface area contributed by atoms with Crippen molar-refractivity contribution in [3.63, 3.8) is 0 Å². The Labute approximate surface area is 185 Å².